The summed E-state index contributed by atoms with van der Waals surface area (Å²) in [7, 11) is 1.43. The number of hydrogen-bond acceptors (Lipinski definition) is 3. The Morgan fingerprint density at radius 3 is 2.78 bits per heavy atom. The number of rotatable bonds is 3. The molecular weight excluding hydrogens is 318 g/mol. The van der Waals surface area contributed by atoms with Crippen LogP contribution in [0.4, 0.5) is 0 Å². The van der Waals surface area contributed by atoms with Gasteiger partial charge in [0, 0.05) is 5.33 Å². The third-order valence-electron chi connectivity index (χ3n) is 3.51. The molecule has 0 bridgehead atoms. The molecule has 0 N–H and O–H groups in total. The zero-order valence-electron chi connectivity index (χ0n) is 10.4. The van der Waals surface area contributed by atoms with Crippen LogP contribution in [-0.4, -0.2) is 18.1 Å². The molecule has 0 amide bonds. The summed E-state index contributed by atoms with van der Waals surface area (Å²) >= 11 is 9.38. The highest BCUT2D eigenvalue weighted by molar-refractivity contribution is 9.08. The number of methoxy groups -OCH3 is 1. The molecule has 3 nitrogen and oxygen atoms in total. The highest BCUT2D eigenvalue weighted by Gasteiger charge is 2.50. The van der Waals surface area contributed by atoms with Crippen molar-refractivity contribution in [1.29, 1.82) is 0 Å². The average molecular weight is 333 g/mol. The lowest BCUT2D eigenvalue weighted by Gasteiger charge is -2.44. The Labute approximate surface area is 120 Å². The summed E-state index contributed by atoms with van der Waals surface area (Å²) in [6.07, 6.45) is 1.61. The van der Waals surface area contributed by atoms with E-state index in [0.29, 0.717) is 16.4 Å². The second-order valence-corrected chi connectivity index (χ2v) is 5.84. The van der Waals surface area contributed by atoms with E-state index in [0.717, 1.165) is 24.1 Å². The molecule has 18 heavy (non-hydrogen) atoms. The Balaban J connectivity index is 2.44. The van der Waals surface area contributed by atoms with Crippen molar-refractivity contribution in [3.63, 3.8) is 0 Å². The van der Waals surface area contributed by atoms with E-state index < -0.39 is 5.41 Å². The lowest BCUT2D eigenvalue weighted by Crippen LogP contribution is -2.47. The van der Waals surface area contributed by atoms with Gasteiger partial charge in [-0.3, -0.25) is 4.79 Å². The first kappa shape index (κ1) is 13.8. The topological polar surface area (TPSA) is 39.2 Å². The van der Waals surface area contributed by atoms with Crippen LogP contribution in [0.1, 0.15) is 31.0 Å². The van der Waals surface area contributed by atoms with Crippen LogP contribution in [0.2, 0.25) is 5.15 Å². The van der Waals surface area contributed by atoms with Crippen LogP contribution in [0.25, 0.3) is 0 Å². The van der Waals surface area contributed by atoms with Crippen LogP contribution in [0.3, 0.4) is 0 Å². The van der Waals surface area contributed by atoms with Crippen molar-refractivity contribution in [2.45, 2.75) is 30.5 Å². The lowest BCUT2D eigenvalue weighted by molar-refractivity contribution is -0.153. The first-order valence-corrected chi connectivity index (χ1v) is 7.33. The molecule has 0 aromatic carbocycles. The first-order chi connectivity index (χ1) is 8.51. The Morgan fingerprint density at radius 1 is 1.61 bits per heavy atom. The smallest absolute Gasteiger partial charge is 0.316 e. The van der Waals surface area contributed by atoms with Crippen molar-refractivity contribution in [2.75, 3.05) is 7.11 Å². The van der Waals surface area contributed by atoms with Crippen molar-refractivity contribution in [1.82, 2.24) is 4.98 Å². The number of pyridine rings is 1. The molecule has 0 spiro atoms. The number of nitrogens with zero attached hydrogens (tertiary/aromatic N) is 1. The van der Waals surface area contributed by atoms with Crippen LogP contribution >= 0.6 is 27.5 Å². The van der Waals surface area contributed by atoms with Gasteiger partial charge in [-0.25, -0.2) is 4.98 Å². The summed E-state index contributed by atoms with van der Waals surface area (Å²) in [5, 5.41) is 1.04. The maximum atomic E-state index is 12.1. The molecule has 2 rings (SSSR count). The minimum absolute atomic E-state index is 0.177. The van der Waals surface area contributed by atoms with Gasteiger partial charge in [0.25, 0.3) is 0 Å². The van der Waals surface area contributed by atoms with Crippen LogP contribution in [0.15, 0.2) is 12.1 Å². The third kappa shape index (κ3) is 2.28. The van der Waals surface area contributed by atoms with Gasteiger partial charge in [-0.1, -0.05) is 34.5 Å². The molecule has 1 heterocycles. The fourth-order valence-electron chi connectivity index (χ4n) is 2.74. The average Bonchev–Trinajstić information content (AvgIpc) is 2.32. The zero-order chi connectivity index (χ0) is 13.3. The molecule has 1 fully saturated rings. The van der Waals surface area contributed by atoms with Crippen molar-refractivity contribution in [2.24, 2.45) is 5.92 Å². The van der Waals surface area contributed by atoms with E-state index in [1.54, 1.807) is 6.07 Å². The number of carbonyl (C=O) groups excluding carboxylic acids is 1. The molecule has 1 aromatic heterocycles. The standard InChI is InChI=1S/C13H15BrClNO2/c1-8-5-13(6-8,12(17)18-2)9-3-10(7-14)16-11(15)4-9/h3-4,8H,5-7H2,1-2H3. The fraction of sp³-hybridized carbons (Fsp3) is 0.538. The number of alkyl halides is 1. The van der Waals surface area contributed by atoms with Crippen molar-refractivity contribution in [3.05, 3.63) is 28.5 Å². The van der Waals surface area contributed by atoms with Crippen LogP contribution < -0.4 is 0 Å². The second-order valence-electron chi connectivity index (χ2n) is 4.89. The van der Waals surface area contributed by atoms with Gasteiger partial charge in [-0.15, -0.1) is 0 Å². The Hall–Kier alpha value is -0.610. The molecule has 1 aliphatic rings. The van der Waals surface area contributed by atoms with Crippen LogP contribution in [0.5, 0.6) is 0 Å². The minimum Gasteiger partial charge on any atom is -0.468 e. The normalized spacial score (nSPS) is 26.6. The summed E-state index contributed by atoms with van der Waals surface area (Å²) in [5.41, 5.74) is 1.22. The van der Waals surface area contributed by atoms with Gasteiger partial charge in [-0.2, -0.15) is 0 Å². The number of aromatic nitrogens is 1. The summed E-state index contributed by atoms with van der Waals surface area (Å²) < 4.78 is 4.96. The van der Waals surface area contributed by atoms with Gasteiger partial charge in [0.05, 0.1) is 18.2 Å². The Kier molecular flexibility index (Phi) is 3.97. The zero-order valence-corrected chi connectivity index (χ0v) is 12.7. The van der Waals surface area contributed by atoms with Gasteiger partial charge in [0.15, 0.2) is 0 Å². The van der Waals surface area contributed by atoms with E-state index in [9.17, 15) is 4.79 Å². The molecule has 0 unspecified atom stereocenters. The lowest BCUT2D eigenvalue weighted by atomic mass is 9.59. The largest absolute Gasteiger partial charge is 0.468 e. The number of ether oxygens (including phenoxy) is 1. The van der Waals surface area contributed by atoms with Crippen molar-refractivity contribution in [3.8, 4) is 0 Å². The molecule has 5 heteroatoms. The van der Waals surface area contributed by atoms with E-state index in [1.807, 2.05) is 6.07 Å². The van der Waals surface area contributed by atoms with E-state index in [-0.39, 0.29) is 5.97 Å². The maximum absolute atomic E-state index is 12.1. The highest BCUT2D eigenvalue weighted by atomic mass is 79.9. The quantitative estimate of drug-likeness (QED) is 0.483. The van der Waals surface area contributed by atoms with Gasteiger partial charge in [0.1, 0.15) is 5.15 Å². The predicted octanol–water partition coefficient (Wildman–Crippen LogP) is 3.47. The highest BCUT2D eigenvalue weighted by Crippen LogP contribution is 2.49. The molecule has 0 radical (unpaired) electrons. The summed E-state index contributed by atoms with van der Waals surface area (Å²) in [5.74, 6) is 0.354. The third-order valence-corrected chi connectivity index (χ3v) is 4.27. The molecule has 0 aliphatic heterocycles. The maximum Gasteiger partial charge on any atom is 0.316 e. The van der Waals surface area contributed by atoms with E-state index >= 15 is 0 Å². The van der Waals surface area contributed by atoms with Gasteiger partial charge in [0.2, 0.25) is 0 Å². The number of esters is 1. The minimum atomic E-state index is -0.530. The monoisotopic (exact) mass is 331 g/mol. The fourth-order valence-corrected chi connectivity index (χ4v) is 3.25. The van der Waals surface area contributed by atoms with Gasteiger partial charge in [-0.05, 0) is 36.5 Å². The van der Waals surface area contributed by atoms with Crippen molar-refractivity contribution < 1.29 is 9.53 Å². The summed E-state index contributed by atoms with van der Waals surface area (Å²) in [4.78, 5) is 16.3. The molecular formula is C13H15BrClNO2. The Bertz CT molecular complexity index is 472. The van der Waals surface area contributed by atoms with Crippen LogP contribution in [0, 0.1) is 5.92 Å². The summed E-state index contributed by atoms with van der Waals surface area (Å²) in [6, 6.07) is 3.71. The van der Waals surface area contributed by atoms with E-state index in [1.165, 1.54) is 7.11 Å². The molecule has 1 aliphatic carbocycles. The molecule has 98 valence electrons. The van der Waals surface area contributed by atoms with Crippen molar-refractivity contribution >= 4 is 33.5 Å². The van der Waals surface area contributed by atoms with E-state index in [2.05, 4.69) is 27.8 Å². The molecule has 1 aromatic rings. The predicted molar refractivity (Wildman–Crippen MR) is 74.0 cm³/mol. The Morgan fingerprint density at radius 2 is 2.28 bits per heavy atom. The van der Waals surface area contributed by atoms with E-state index in [4.69, 9.17) is 16.3 Å². The molecule has 0 saturated heterocycles. The van der Waals surface area contributed by atoms with Gasteiger partial charge < -0.3 is 4.74 Å². The SMILES string of the molecule is COC(=O)C1(c2cc(Cl)nc(CBr)c2)CC(C)C1. The number of halogens is 2. The van der Waals surface area contributed by atoms with Crippen LogP contribution in [-0.2, 0) is 20.3 Å². The second kappa shape index (κ2) is 5.17. The molecule has 1 saturated carbocycles. The first-order valence-electron chi connectivity index (χ1n) is 5.83. The number of hydrogen-bond donors (Lipinski definition) is 0. The summed E-state index contributed by atoms with van der Waals surface area (Å²) in [6.45, 7) is 2.13. The van der Waals surface area contributed by atoms with Gasteiger partial charge >= 0.3 is 5.97 Å². The number of carbonyl (C=O) groups is 1. The molecule has 0 atom stereocenters.